The summed E-state index contributed by atoms with van der Waals surface area (Å²) in [6.45, 7) is 2.56. The van der Waals surface area contributed by atoms with Crippen molar-refractivity contribution in [1.29, 1.82) is 0 Å². The summed E-state index contributed by atoms with van der Waals surface area (Å²) in [6.07, 6.45) is 3.13. The van der Waals surface area contributed by atoms with Crippen molar-refractivity contribution in [2.24, 2.45) is 5.92 Å². The van der Waals surface area contributed by atoms with Crippen LogP contribution in [0, 0.1) is 12.8 Å². The SMILES string of the molecule is Cc1ccc(S(=O)(=O)N2CCC(C(=O)Nc3cccc(-c4noc(C5CC5)n4)c3)CC2)cc1. The lowest BCUT2D eigenvalue weighted by Crippen LogP contribution is -2.41. The van der Waals surface area contributed by atoms with Gasteiger partial charge in [-0.2, -0.15) is 9.29 Å². The second-order valence-corrected chi connectivity index (χ2v) is 10.7. The summed E-state index contributed by atoms with van der Waals surface area (Å²) in [5, 5.41) is 7.02. The highest BCUT2D eigenvalue weighted by Gasteiger charge is 2.32. The summed E-state index contributed by atoms with van der Waals surface area (Å²) >= 11 is 0. The van der Waals surface area contributed by atoms with Gasteiger partial charge < -0.3 is 9.84 Å². The number of aryl methyl sites for hydroxylation is 1. The van der Waals surface area contributed by atoms with Gasteiger partial charge in [0.25, 0.3) is 0 Å². The van der Waals surface area contributed by atoms with Crippen LogP contribution in [0.2, 0.25) is 0 Å². The van der Waals surface area contributed by atoms with Crippen LogP contribution in [0.15, 0.2) is 57.9 Å². The Bertz CT molecular complexity index is 1260. The number of nitrogens with zero attached hydrogens (tertiary/aromatic N) is 3. The highest BCUT2D eigenvalue weighted by molar-refractivity contribution is 7.89. The number of hydrogen-bond donors (Lipinski definition) is 1. The highest BCUT2D eigenvalue weighted by atomic mass is 32.2. The third-order valence-corrected chi connectivity index (χ3v) is 8.15. The molecule has 1 aliphatic carbocycles. The van der Waals surface area contributed by atoms with Crippen LogP contribution in [-0.2, 0) is 14.8 Å². The van der Waals surface area contributed by atoms with Crippen molar-refractivity contribution in [3.63, 3.8) is 0 Å². The number of carbonyl (C=O) groups excluding carboxylic acids is 1. The maximum atomic E-state index is 12.9. The van der Waals surface area contributed by atoms with Crippen molar-refractivity contribution in [1.82, 2.24) is 14.4 Å². The van der Waals surface area contributed by atoms with Crippen molar-refractivity contribution >= 4 is 21.6 Å². The van der Waals surface area contributed by atoms with Gasteiger partial charge in [-0.3, -0.25) is 4.79 Å². The zero-order valence-corrected chi connectivity index (χ0v) is 19.2. The molecule has 0 spiro atoms. The van der Waals surface area contributed by atoms with Gasteiger partial charge in [-0.15, -0.1) is 0 Å². The zero-order valence-electron chi connectivity index (χ0n) is 18.4. The molecule has 2 heterocycles. The van der Waals surface area contributed by atoms with Gasteiger partial charge in [0.1, 0.15) is 0 Å². The topological polar surface area (TPSA) is 105 Å². The Morgan fingerprint density at radius 3 is 2.48 bits per heavy atom. The smallest absolute Gasteiger partial charge is 0.243 e. The van der Waals surface area contributed by atoms with Gasteiger partial charge >= 0.3 is 0 Å². The average Bonchev–Trinajstić information content (AvgIpc) is 3.56. The average molecular weight is 467 g/mol. The zero-order chi connectivity index (χ0) is 23.0. The van der Waals surface area contributed by atoms with Gasteiger partial charge in [0.2, 0.25) is 27.6 Å². The monoisotopic (exact) mass is 466 g/mol. The fourth-order valence-electron chi connectivity index (χ4n) is 4.05. The fourth-order valence-corrected chi connectivity index (χ4v) is 5.52. The lowest BCUT2D eigenvalue weighted by molar-refractivity contribution is -0.120. The number of benzene rings is 2. The molecule has 0 bridgehead atoms. The van der Waals surface area contributed by atoms with Gasteiger partial charge in [-0.25, -0.2) is 8.42 Å². The van der Waals surface area contributed by atoms with Crippen molar-refractivity contribution < 1.29 is 17.7 Å². The molecule has 1 saturated carbocycles. The maximum Gasteiger partial charge on any atom is 0.243 e. The van der Waals surface area contributed by atoms with Gasteiger partial charge in [-0.1, -0.05) is 35.0 Å². The first-order valence-corrected chi connectivity index (χ1v) is 12.7. The van der Waals surface area contributed by atoms with Crippen LogP contribution in [0.3, 0.4) is 0 Å². The van der Waals surface area contributed by atoms with Crippen molar-refractivity contribution in [3.05, 3.63) is 60.0 Å². The first-order chi connectivity index (χ1) is 15.9. The minimum absolute atomic E-state index is 0.105. The molecule has 2 aromatic carbocycles. The van der Waals surface area contributed by atoms with E-state index in [9.17, 15) is 13.2 Å². The molecule has 8 nitrogen and oxygen atoms in total. The Labute approximate surface area is 193 Å². The molecule has 172 valence electrons. The number of amides is 1. The molecule has 0 unspecified atom stereocenters. The van der Waals surface area contributed by atoms with Crippen molar-refractivity contribution in [2.75, 3.05) is 18.4 Å². The summed E-state index contributed by atoms with van der Waals surface area (Å²) in [7, 11) is -3.54. The Hall–Kier alpha value is -3.04. The predicted molar refractivity (Wildman–Crippen MR) is 123 cm³/mol. The van der Waals surface area contributed by atoms with Gasteiger partial charge in [-0.05, 0) is 56.9 Å². The first-order valence-electron chi connectivity index (χ1n) is 11.2. The van der Waals surface area contributed by atoms with E-state index in [1.807, 2.05) is 31.2 Å². The number of piperidine rings is 1. The molecule has 3 aromatic rings. The number of nitrogens with one attached hydrogen (secondary N) is 1. The van der Waals surface area contributed by atoms with Crippen LogP contribution in [-0.4, -0.2) is 41.9 Å². The van der Waals surface area contributed by atoms with E-state index >= 15 is 0 Å². The Morgan fingerprint density at radius 2 is 1.79 bits per heavy atom. The number of anilines is 1. The predicted octanol–water partition coefficient (Wildman–Crippen LogP) is 3.96. The maximum absolute atomic E-state index is 12.9. The Morgan fingerprint density at radius 1 is 1.06 bits per heavy atom. The number of rotatable bonds is 6. The summed E-state index contributed by atoms with van der Waals surface area (Å²) in [5.74, 6) is 1.22. The van der Waals surface area contributed by atoms with Crippen LogP contribution >= 0.6 is 0 Å². The lowest BCUT2D eigenvalue weighted by atomic mass is 9.97. The summed E-state index contributed by atoms with van der Waals surface area (Å²) in [6, 6.07) is 14.2. The Kier molecular flexibility index (Phi) is 5.76. The molecule has 0 atom stereocenters. The van der Waals surface area contributed by atoms with E-state index in [1.54, 1.807) is 24.3 Å². The minimum Gasteiger partial charge on any atom is -0.339 e. The van der Waals surface area contributed by atoms with Crippen LogP contribution in [0.5, 0.6) is 0 Å². The molecule has 33 heavy (non-hydrogen) atoms. The molecular formula is C24H26N4O4S. The van der Waals surface area contributed by atoms with E-state index in [2.05, 4.69) is 15.5 Å². The van der Waals surface area contributed by atoms with Gasteiger partial charge in [0.05, 0.1) is 4.90 Å². The third-order valence-electron chi connectivity index (χ3n) is 6.24. The quantitative estimate of drug-likeness (QED) is 0.589. The van der Waals surface area contributed by atoms with E-state index in [0.717, 1.165) is 24.0 Å². The van der Waals surface area contributed by atoms with Crippen molar-refractivity contribution in [2.45, 2.75) is 43.4 Å². The largest absolute Gasteiger partial charge is 0.339 e. The van der Waals surface area contributed by atoms with Crippen molar-refractivity contribution in [3.8, 4) is 11.4 Å². The van der Waals surface area contributed by atoms with Crippen LogP contribution in [0.1, 0.15) is 43.1 Å². The molecule has 1 amide bonds. The summed E-state index contributed by atoms with van der Waals surface area (Å²) in [5.41, 5.74) is 2.45. The second-order valence-electron chi connectivity index (χ2n) is 8.79. The molecule has 5 rings (SSSR count). The third kappa shape index (κ3) is 4.69. The first kappa shape index (κ1) is 21.8. The molecule has 0 radical (unpaired) electrons. The molecule has 1 aromatic heterocycles. The van der Waals surface area contributed by atoms with E-state index < -0.39 is 10.0 Å². The van der Waals surface area contributed by atoms with E-state index in [0.29, 0.717) is 54.1 Å². The normalized spacial score (nSPS) is 17.7. The Balaban J connectivity index is 1.20. The lowest BCUT2D eigenvalue weighted by Gasteiger charge is -2.30. The van der Waals surface area contributed by atoms with Crippen LogP contribution < -0.4 is 5.32 Å². The molecule has 2 aliphatic rings. The van der Waals surface area contributed by atoms with E-state index in [-0.39, 0.29) is 11.8 Å². The van der Waals surface area contributed by atoms with E-state index in [1.165, 1.54) is 4.31 Å². The van der Waals surface area contributed by atoms with Gasteiger partial charge in [0.15, 0.2) is 0 Å². The summed E-state index contributed by atoms with van der Waals surface area (Å²) in [4.78, 5) is 17.6. The molecule has 1 N–H and O–H groups in total. The summed E-state index contributed by atoms with van der Waals surface area (Å²) < 4.78 is 32.6. The number of sulfonamides is 1. The number of aromatic nitrogens is 2. The standard InChI is InChI=1S/C24H26N4O4S/c1-16-5-9-21(10-6-16)33(30,31)28-13-11-17(12-14-28)23(29)25-20-4-2-3-19(15-20)22-26-24(32-27-22)18-7-8-18/h2-6,9-10,15,17-18H,7-8,11-14H2,1H3,(H,25,29). The molecule has 2 fully saturated rings. The molecule has 1 saturated heterocycles. The highest BCUT2D eigenvalue weighted by Crippen LogP contribution is 2.39. The molecule has 1 aliphatic heterocycles. The molecule has 9 heteroatoms. The second kappa shape index (κ2) is 8.72. The number of hydrogen-bond acceptors (Lipinski definition) is 6. The minimum atomic E-state index is -3.54. The van der Waals surface area contributed by atoms with E-state index in [4.69, 9.17) is 4.52 Å². The fraction of sp³-hybridized carbons (Fsp3) is 0.375. The number of carbonyl (C=O) groups is 1. The van der Waals surface area contributed by atoms with Crippen LogP contribution in [0.4, 0.5) is 5.69 Å². The van der Waals surface area contributed by atoms with Crippen LogP contribution in [0.25, 0.3) is 11.4 Å². The van der Waals surface area contributed by atoms with Gasteiger partial charge in [0, 0.05) is 36.2 Å². The molecular weight excluding hydrogens is 440 g/mol.